The molecule has 116 valence electrons. The molecule has 0 aromatic heterocycles. The Labute approximate surface area is 170 Å². The summed E-state index contributed by atoms with van der Waals surface area (Å²) in [7, 11) is 0. The molecule has 23 heavy (non-hydrogen) atoms. The lowest BCUT2D eigenvalue weighted by Crippen LogP contribution is -2.27. The third-order valence-corrected chi connectivity index (χ3v) is 6.09. The van der Waals surface area contributed by atoms with Crippen molar-refractivity contribution in [3.63, 3.8) is 0 Å². The Morgan fingerprint density at radius 3 is 2.35 bits per heavy atom. The van der Waals surface area contributed by atoms with Crippen LogP contribution in [0.25, 0.3) is 6.08 Å². The molecule has 0 saturated carbocycles. The molecular formula is C16H9I2NO2S2. The maximum absolute atomic E-state index is 12.7. The van der Waals surface area contributed by atoms with Crippen molar-refractivity contribution in [1.82, 2.24) is 0 Å². The minimum Gasteiger partial charge on any atom is -0.506 e. The zero-order valence-corrected chi connectivity index (χ0v) is 17.4. The number of carbonyl (C=O) groups is 1. The largest absolute Gasteiger partial charge is 0.506 e. The lowest BCUT2D eigenvalue weighted by molar-refractivity contribution is -0.113. The van der Waals surface area contributed by atoms with Crippen molar-refractivity contribution < 1.29 is 9.90 Å². The van der Waals surface area contributed by atoms with E-state index < -0.39 is 0 Å². The highest BCUT2D eigenvalue weighted by Gasteiger charge is 2.33. The van der Waals surface area contributed by atoms with E-state index in [1.807, 2.05) is 48.5 Å². The summed E-state index contributed by atoms with van der Waals surface area (Å²) in [6.45, 7) is 0. The topological polar surface area (TPSA) is 40.5 Å². The summed E-state index contributed by atoms with van der Waals surface area (Å²) in [5, 5.41) is 9.84. The first-order valence-corrected chi connectivity index (χ1v) is 9.86. The van der Waals surface area contributed by atoms with Crippen LogP contribution in [0, 0.1) is 7.14 Å². The number of para-hydroxylation sites is 1. The molecule has 0 bridgehead atoms. The van der Waals surface area contributed by atoms with E-state index in [0.29, 0.717) is 9.23 Å². The number of thiocarbonyl (C=S) groups is 1. The number of hydrogen-bond acceptors (Lipinski definition) is 4. The normalized spacial score (nSPS) is 16.4. The molecule has 7 heteroatoms. The second-order valence-corrected chi connectivity index (χ2v) is 8.69. The molecule has 0 unspecified atom stereocenters. The van der Waals surface area contributed by atoms with Crippen LogP contribution in [0.1, 0.15) is 5.56 Å². The number of aromatic hydroxyl groups is 1. The first-order valence-electron chi connectivity index (χ1n) is 6.48. The van der Waals surface area contributed by atoms with Crippen LogP contribution in [-0.2, 0) is 4.79 Å². The quantitative estimate of drug-likeness (QED) is 0.316. The molecular weight excluding hydrogens is 556 g/mol. The van der Waals surface area contributed by atoms with E-state index >= 15 is 0 Å². The van der Waals surface area contributed by atoms with Gasteiger partial charge in [-0.3, -0.25) is 9.69 Å². The first-order chi connectivity index (χ1) is 11.0. The lowest BCUT2D eigenvalue weighted by Gasteiger charge is -2.13. The second-order valence-electron chi connectivity index (χ2n) is 4.69. The fraction of sp³-hybridized carbons (Fsp3) is 0. The minimum atomic E-state index is -0.121. The van der Waals surface area contributed by atoms with Gasteiger partial charge in [0.2, 0.25) is 0 Å². The third-order valence-electron chi connectivity index (χ3n) is 3.15. The average molecular weight is 565 g/mol. The van der Waals surface area contributed by atoms with Crippen LogP contribution in [0.15, 0.2) is 47.4 Å². The Bertz CT molecular complexity index is 814. The van der Waals surface area contributed by atoms with Crippen LogP contribution < -0.4 is 4.90 Å². The molecule has 0 aliphatic carbocycles. The third kappa shape index (κ3) is 3.57. The zero-order chi connectivity index (χ0) is 16.6. The van der Waals surface area contributed by atoms with Gasteiger partial charge in [-0.2, -0.15) is 0 Å². The van der Waals surface area contributed by atoms with Crippen molar-refractivity contribution in [2.24, 2.45) is 0 Å². The van der Waals surface area contributed by atoms with Crippen LogP contribution in [0.2, 0.25) is 0 Å². The molecule has 1 N–H and O–H groups in total. The molecule has 2 aromatic rings. The Balaban J connectivity index is 1.96. The summed E-state index contributed by atoms with van der Waals surface area (Å²) in [4.78, 5) is 14.8. The van der Waals surface area contributed by atoms with Crippen molar-refractivity contribution in [2.75, 3.05) is 4.90 Å². The maximum atomic E-state index is 12.7. The molecule has 1 amide bonds. The molecule has 1 fully saturated rings. The molecule has 0 radical (unpaired) electrons. The fourth-order valence-electron chi connectivity index (χ4n) is 2.09. The standard InChI is InChI=1S/C16H9I2NO2S2/c17-11-6-9(7-12(18)14(11)20)8-13-15(21)19(16(22)23-13)10-4-2-1-3-5-10/h1-8,20H/b13-8+. The van der Waals surface area contributed by atoms with Gasteiger partial charge in [0.15, 0.2) is 4.32 Å². The van der Waals surface area contributed by atoms with Crippen LogP contribution in [0.5, 0.6) is 5.75 Å². The highest BCUT2D eigenvalue weighted by Crippen LogP contribution is 2.37. The Morgan fingerprint density at radius 2 is 1.74 bits per heavy atom. The summed E-state index contributed by atoms with van der Waals surface area (Å²) in [6.07, 6.45) is 1.81. The molecule has 3 nitrogen and oxygen atoms in total. The molecule has 2 aromatic carbocycles. The maximum Gasteiger partial charge on any atom is 0.270 e. The summed E-state index contributed by atoms with van der Waals surface area (Å²) in [5.74, 6) is 0.143. The highest BCUT2D eigenvalue weighted by molar-refractivity contribution is 14.1. The van der Waals surface area contributed by atoms with Crippen molar-refractivity contribution >= 4 is 91.2 Å². The van der Waals surface area contributed by atoms with Crippen LogP contribution in [0.4, 0.5) is 5.69 Å². The number of anilines is 1. The van der Waals surface area contributed by atoms with E-state index in [9.17, 15) is 9.90 Å². The van der Waals surface area contributed by atoms with E-state index in [0.717, 1.165) is 18.4 Å². The Morgan fingerprint density at radius 1 is 1.13 bits per heavy atom. The number of hydrogen-bond donors (Lipinski definition) is 1. The van der Waals surface area contributed by atoms with E-state index in [1.165, 1.54) is 11.8 Å². The number of halogens is 2. The average Bonchev–Trinajstić information content (AvgIpc) is 2.80. The predicted octanol–water partition coefficient (Wildman–Crippen LogP) is 5.01. The van der Waals surface area contributed by atoms with E-state index in [1.54, 1.807) is 4.90 Å². The van der Waals surface area contributed by atoms with Gasteiger partial charge in [0.25, 0.3) is 5.91 Å². The molecule has 0 spiro atoms. The van der Waals surface area contributed by atoms with Gasteiger partial charge in [-0.05, 0) is 81.1 Å². The predicted molar refractivity (Wildman–Crippen MR) is 116 cm³/mol. The lowest BCUT2D eigenvalue weighted by atomic mass is 10.2. The van der Waals surface area contributed by atoms with Crippen LogP contribution in [-0.4, -0.2) is 15.3 Å². The number of phenolic OH excluding ortho intramolecular Hbond substituents is 1. The van der Waals surface area contributed by atoms with E-state index in [-0.39, 0.29) is 11.7 Å². The monoisotopic (exact) mass is 565 g/mol. The van der Waals surface area contributed by atoms with Crippen molar-refractivity contribution in [3.05, 3.63) is 60.1 Å². The SMILES string of the molecule is O=C1/C(=C\c2cc(I)c(O)c(I)c2)SC(=S)N1c1ccccc1. The Hall–Kier alpha value is -0.650. The molecule has 1 aliphatic rings. The number of phenols is 1. The van der Waals surface area contributed by atoms with Gasteiger partial charge in [0.05, 0.1) is 17.7 Å². The molecule has 1 aliphatic heterocycles. The zero-order valence-electron chi connectivity index (χ0n) is 11.5. The van der Waals surface area contributed by atoms with Gasteiger partial charge in [0.1, 0.15) is 5.75 Å². The summed E-state index contributed by atoms with van der Waals surface area (Å²) >= 11 is 10.8. The molecule has 1 saturated heterocycles. The number of carbonyl (C=O) groups excluding carboxylic acids is 1. The summed E-state index contributed by atoms with van der Waals surface area (Å²) in [6, 6.07) is 13.1. The number of rotatable bonds is 2. The molecule has 3 rings (SSSR count). The number of nitrogens with zero attached hydrogens (tertiary/aromatic N) is 1. The molecule has 1 heterocycles. The minimum absolute atomic E-state index is 0.121. The van der Waals surface area contributed by atoms with E-state index in [2.05, 4.69) is 45.2 Å². The smallest absolute Gasteiger partial charge is 0.270 e. The highest BCUT2D eigenvalue weighted by atomic mass is 127. The fourth-order valence-corrected chi connectivity index (χ4v) is 5.20. The Kier molecular flexibility index (Phi) is 5.29. The molecule has 0 atom stereocenters. The van der Waals surface area contributed by atoms with Crippen molar-refractivity contribution in [1.29, 1.82) is 0 Å². The van der Waals surface area contributed by atoms with Crippen molar-refractivity contribution in [3.8, 4) is 5.75 Å². The van der Waals surface area contributed by atoms with Gasteiger partial charge < -0.3 is 5.11 Å². The first kappa shape index (κ1) is 17.2. The summed E-state index contributed by atoms with van der Waals surface area (Å²) < 4.78 is 2.02. The number of amides is 1. The van der Waals surface area contributed by atoms with E-state index in [4.69, 9.17) is 12.2 Å². The van der Waals surface area contributed by atoms with Crippen molar-refractivity contribution in [2.45, 2.75) is 0 Å². The number of thioether (sulfide) groups is 1. The van der Waals surface area contributed by atoms with Crippen LogP contribution in [0.3, 0.4) is 0 Å². The van der Waals surface area contributed by atoms with Gasteiger partial charge in [-0.25, -0.2) is 0 Å². The second kappa shape index (κ2) is 7.08. The van der Waals surface area contributed by atoms with Gasteiger partial charge in [-0.15, -0.1) is 0 Å². The van der Waals surface area contributed by atoms with Crippen LogP contribution >= 0.6 is 69.2 Å². The van der Waals surface area contributed by atoms with Gasteiger partial charge in [0, 0.05) is 0 Å². The van der Waals surface area contributed by atoms with Gasteiger partial charge in [-0.1, -0.05) is 42.2 Å². The summed E-state index contributed by atoms with van der Waals surface area (Å²) in [5.41, 5.74) is 1.64. The van der Waals surface area contributed by atoms with Gasteiger partial charge >= 0.3 is 0 Å². The number of benzene rings is 2.